The van der Waals surface area contributed by atoms with Gasteiger partial charge in [0.25, 0.3) is 0 Å². The molecule has 1 rings (SSSR count). The van der Waals surface area contributed by atoms with E-state index >= 15 is 0 Å². The monoisotopic (exact) mass is 457 g/mol. The fourth-order valence-electron chi connectivity index (χ4n) is 2.06. The van der Waals surface area contributed by atoms with Crippen molar-refractivity contribution in [1.82, 2.24) is 10.6 Å². The number of thioether (sulfide) groups is 1. The van der Waals surface area contributed by atoms with Crippen molar-refractivity contribution in [3.05, 3.63) is 35.4 Å². The standard InChI is InChI=1S/C16H25F2N3S.HI/c1-12(14-7-6-13(17)10-15(14)18)11-21-16(19-2)20-8-4-5-9-22-3;/h6-7,10,12H,4-5,8-9,11H2,1-3H3,(H2,19,20,21);1H. The van der Waals surface area contributed by atoms with E-state index in [-0.39, 0.29) is 29.9 Å². The molecule has 0 radical (unpaired) electrons. The number of unbranched alkanes of at least 4 members (excludes halogenated alkanes) is 1. The van der Waals surface area contributed by atoms with Gasteiger partial charge in [-0.2, -0.15) is 11.8 Å². The summed E-state index contributed by atoms with van der Waals surface area (Å²) in [6.45, 7) is 3.29. The lowest BCUT2D eigenvalue weighted by Gasteiger charge is -2.17. The number of aliphatic imine (C=N–C) groups is 1. The van der Waals surface area contributed by atoms with Crippen molar-refractivity contribution in [1.29, 1.82) is 0 Å². The van der Waals surface area contributed by atoms with Crippen LogP contribution in [0.15, 0.2) is 23.2 Å². The molecule has 1 atom stereocenters. The Hall–Kier alpha value is -0.570. The SMILES string of the molecule is CN=C(NCCCCSC)NCC(C)c1ccc(F)cc1F.I. The quantitative estimate of drug-likeness (QED) is 0.268. The van der Waals surface area contributed by atoms with Crippen LogP contribution in [-0.4, -0.2) is 38.1 Å². The molecule has 0 fully saturated rings. The lowest BCUT2D eigenvalue weighted by molar-refractivity contribution is 0.555. The first-order valence-electron chi connectivity index (χ1n) is 7.47. The number of nitrogens with one attached hydrogen (secondary N) is 2. The number of guanidine groups is 1. The van der Waals surface area contributed by atoms with Crippen LogP contribution in [0.25, 0.3) is 0 Å². The highest BCUT2D eigenvalue weighted by Crippen LogP contribution is 2.19. The zero-order valence-corrected chi connectivity index (χ0v) is 17.0. The Morgan fingerprint density at radius 3 is 2.61 bits per heavy atom. The Morgan fingerprint density at radius 2 is 2.00 bits per heavy atom. The van der Waals surface area contributed by atoms with Crippen LogP contribution < -0.4 is 10.6 Å². The average Bonchev–Trinajstić information content (AvgIpc) is 2.49. The number of nitrogens with zero attached hydrogens (tertiary/aromatic N) is 1. The van der Waals surface area contributed by atoms with Crippen LogP contribution in [0, 0.1) is 11.6 Å². The van der Waals surface area contributed by atoms with E-state index in [1.54, 1.807) is 7.05 Å². The molecule has 7 heteroatoms. The Bertz CT molecular complexity index is 486. The molecule has 0 aliphatic rings. The fraction of sp³-hybridized carbons (Fsp3) is 0.562. The first-order chi connectivity index (χ1) is 10.6. The number of halogens is 3. The summed E-state index contributed by atoms with van der Waals surface area (Å²) in [6.07, 6.45) is 4.36. The molecule has 0 saturated heterocycles. The van der Waals surface area contributed by atoms with E-state index in [0.29, 0.717) is 18.1 Å². The summed E-state index contributed by atoms with van der Waals surface area (Å²) in [5.74, 6) is 0.738. The summed E-state index contributed by atoms with van der Waals surface area (Å²) in [5.41, 5.74) is 0.504. The van der Waals surface area contributed by atoms with Crippen molar-refractivity contribution in [3.8, 4) is 0 Å². The molecule has 0 heterocycles. The van der Waals surface area contributed by atoms with Gasteiger partial charge in [-0.05, 0) is 36.5 Å². The van der Waals surface area contributed by atoms with Gasteiger partial charge >= 0.3 is 0 Å². The van der Waals surface area contributed by atoms with Crippen LogP contribution in [0.3, 0.4) is 0 Å². The van der Waals surface area contributed by atoms with Crippen LogP contribution in [-0.2, 0) is 0 Å². The summed E-state index contributed by atoms with van der Waals surface area (Å²) < 4.78 is 26.6. The van der Waals surface area contributed by atoms with Crippen LogP contribution in [0.5, 0.6) is 0 Å². The molecule has 0 aliphatic carbocycles. The molecule has 1 aromatic carbocycles. The molecule has 23 heavy (non-hydrogen) atoms. The largest absolute Gasteiger partial charge is 0.356 e. The third-order valence-electron chi connectivity index (χ3n) is 3.36. The molecule has 0 spiro atoms. The zero-order valence-electron chi connectivity index (χ0n) is 13.9. The Morgan fingerprint density at radius 1 is 1.26 bits per heavy atom. The van der Waals surface area contributed by atoms with Gasteiger partial charge in [-0.1, -0.05) is 13.0 Å². The molecular formula is C16H26F2IN3S. The van der Waals surface area contributed by atoms with E-state index in [1.807, 2.05) is 18.7 Å². The first kappa shape index (κ1) is 22.4. The van der Waals surface area contributed by atoms with Crippen molar-refractivity contribution in [3.63, 3.8) is 0 Å². The summed E-state index contributed by atoms with van der Waals surface area (Å²) >= 11 is 1.84. The van der Waals surface area contributed by atoms with Gasteiger partial charge < -0.3 is 10.6 Å². The second kappa shape index (κ2) is 12.8. The maximum atomic E-state index is 13.7. The van der Waals surface area contributed by atoms with E-state index in [4.69, 9.17) is 0 Å². The van der Waals surface area contributed by atoms with E-state index in [2.05, 4.69) is 21.9 Å². The zero-order chi connectivity index (χ0) is 16.4. The highest BCUT2D eigenvalue weighted by molar-refractivity contribution is 14.0. The minimum absolute atomic E-state index is 0. The van der Waals surface area contributed by atoms with Crippen molar-refractivity contribution in [2.45, 2.75) is 25.7 Å². The first-order valence-corrected chi connectivity index (χ1v) is 8.86. The Kier molecular flexibility index (Phi) is 12.5. The highest BCUT2D eigenvalue weighted by atomic mass is 127. The topological polar surface area (TPSA) is 36.4 Å². The van der Waals surface area contributed by atoms with Crippen LogP contribution in [0.2, 0.25) is 0 Å². The van der Waals surface area contributed by atoms with Crippen molar-refractivity contribution in [2.75, 3.05) is 32.1 Å². The number of rotatable bonds is 8. The summed E-state index contributed by atoms with van der Waals surface area (Å²) in [4.78, 5) is 4.14. The van der Waals surface area contributed by atoms with Crippen LogP contribution in [0.4, 0.5) is 8.78 Å². The number of hydrogen-bond donors (Lipinski definition) is 2. The molecular weight excluding hydrogens is 431 g/mol. The Balaban J connectivity index is 0.00000484. The molecule has 132 valence electrons. The van der Waals surface area contributed by atoms with E-state index in [0.717, 1.165) is 24.8 Å². The lowest BCUT2D eigenvalue weighted by Crippen LogP contribution is -2.39. The molecule has 1 unspecified atom stereocenters. The minimum atomic E-state index is -0.552. The second-order valence-electron chi connectivity index (χ2n) is 5.15. The van der Waals surface area contributed by atoms with Gasteiger partial charge in [0.2, 0.25) is 0 Å². The molecule has 1 aromatic rings. The van der Waals surface area contributed by atoms with Gasteiger partial charge in [0.05, 0.1) is 0 Å². The van der Waals surface area contributed by atoms with E-state index in [9.17, 15) is 8.78 Å². The maximum Gasteiger partial charge on any atom is 0.190 e. The smallest absolute Gasteiger partial charge is 0.190 e. The predicted octanol–water partition coefficient (Wildman–Crippen LogP) is 3.99. The van der Waals surface area contributed by atoms with E-state index in [1.165, 1.54) is 18.6 Å². The second-order valence-corrected chi connectivity index (χ2v) is 6.13. The fourth-order valence-corrected chi connectivity index (χ4v) is 2.55. The number of benzene rings is 1. The molecule has 0 aromatic heterocycles. The van der Waals surface area contributed by atoms with Gasteiger partial charge in [0.1, 0.15) is 11.6 Å². The van der Waals surface area contributed by atoms with Crippen molar-refractivity contribution < 1.29 is 8.78 Å². The number of hydrogen-bond acceptors (Lipinski definition) is 2. The Labute approximate surface area is 159 Å². The molecule has 0 amide bonds. The van der Waals surface area contributed by atoms with Crippen molar-refractivity contribution >= 4 is 41.7 Å². The molecule has 0 saturated carbocycles. The van der Waals surface area contributed by atoms with Gasteiger partial charge in [-0.3, -0.25) is 4.99 Å². The molecule has 3 nitrogen and oxygen atoms in total. The van der Waals surface area contributed by atoms with Crippen LogP contribution >= 0.6 is 35.7 Å². The van der Waals surface area contributed by atoms with Crippen molar-refractivity contribution in [2.24, 2.45) is 4.99 Å². The normalized spacial score (nSPS) is 12.5. The third kappa shape index (κ3) is 8.74. The molecule has 0 aliphatic heterocycles. The van der Waals surface area contributed by atoms with Gasteiger partial charge in [0, 0.05) is 32.1 Å². The average molecular weight is 457 g/mol. The summed E-state index contributed by atoms with van der Waals surface area (Å²) in [6, 6.07) is 3.70. The van der Waals surface area contributed by atoms with Gasteiger partial charge in [-0.15, -0.1) is 24.0 Å². The van der Waals surface area contributed by atoms with Gasteiger partial charge in [-0.25, -0.2) is 8.78 Å². The molecule has 2 N–H and O–H groups in total. The summed E-state index contributed by atoms with van der Waals surface area (Å²) in [5, 5.41) is 6.41. The van der Waals surface area contributed by atoms with Crippen LogP contribution in [0.1, 0.15) is 31.2 Å². The predicted molar refractivity (Wildman–Crippen MR) is 107 cm³/mol. The lowest BCUT2D eigenvalue weighted by atomic mass is 10.0. The molecule has 0 bridgehead atoms. The maximum absolute atomic E-state index is 13.7. The van der Waals surface area contributed by atoms with Gasteiger partial charge in [0.15, 0.2) is 5.96 Å². The minimum Gasteiger partial charge on any atom is -0.356 e. The van der Waals surface area contributed by atoms with E-state index < -0.39 is 11.6 Å². The highest BCUT2D eigenvalue weighted by Gasteiger charge is 2.12. The third-order valence-corrected chi connectivity index (χ3v) is 4.06. The summed E-state index contributed by atoms with van der Waals surface area (Å²) in [7, 11) is 1.71.